The van der Waals surface area contributed by atoms with E-state index in [-0.39, 0.29) is 6.10 Å². The molecule has 0 aliphatic heterocycles. The Morgan fingerprint density at radius 1 is 1.00 bits per heavy atom. The molecule has 4 nitrogen and oxygen atoms in total. The summed E-state index contributed by atoms with van der Waals surface area (Å²) in [5.74, 6) is 2.76. The van der Waals surface area contributed by atoms with Gasteiger partial charge in [-0.25, -0.2) is 0 Å². The number of hydrogen-bond donors (Lipinski definition) is 1. The first-order chi connectivity index (χ1) is 15.9. The molecule has 0 saturated heterocycles. The molecule has 196 valence electrons. The van der Waals surface area contributed by atoms with E-state index in [9.17, 15) is 5.11 Å². The molecule has 4 heteroatoms. The molecule has 0 radical (unpaired) electrons. The molecule has 4 rings (SSSR count). The maximum atomic E-state index is 10.2. The molecule has 34 heavy (non-hydrogen) atoms. The topological polar surface area (TPSA) is 47.9 Å². The van der Waals surface area contributed by atoms with E-state index in [0.29, 0.717) is 17.4 Å². The fourth-order valence-corrected chi connectivity index (χ4v) is 8.60. The lowest BCUT2D eigenvalue weighted by Crippen LogP contribution is -2.50. The van der Waals surface area contributed by atoms with Gasteiger partial charge in [0.15, 0.2) is 5.79 Å². The molecule has 0 amide bonds. The summed E-state index contributed by atoms with van der Waals surface area (Å²) in [5.41, 5.74) is 2.01. The average molecular weight is 477 g/mol. The summed E-state index contributed by atoms with van der Waals surface area (Å²) in [7, 11) is 3.37. The quantitative estimate of drug-likeness (QED) is 0.290. The Kier molecular flexibility index (Phi) is 7.68. The number of hydrogen-bond acceptors (Lipinski definition) is 4. The predicted molar refractivity (Wildman–Crippen MR) is 138 cm³/mol. The van der Waals surface area contributed by atoms with E-state index in [2.05, 4.69) is 19.9 Å². The summed E-state index contributed by atoms with van der Waals surface area (Å²) in [5, 5.41) is 10.2. The van der Waals surface area contributed by atoms with Crippen molar-refractivity contribution < 1.29 is 19.3 Å². The van der Waals surface area contributed by atoms with Crippen molar-refractivity contribution in [1.29, 1.82) is 0 Å². The van der Waals surface area contributed by atoms with E-state index in [1.165, 1.54) is 51.4 Å². The molecule has 0 bridgehead atoms. The zero-order chi connectivity index (χ0) is 24.8. The minimum atomic E-state index is -0.660. The van der Waals surface area contributed by atoms with E-state index in [0.717, 1.165) is 42.9 Å². The minimum Gasteiger partial charge on any atom is -0.390 e. The summed E-state index contributed by atoms with van der Waals surface area (Å²) >= 11 is 0. The van der Waals surface area contributed by atoms with Crippen molar-refractivity contribution in [2.75, 3.05) is 20.8 Å². The van der Waals surface area contributed by atoms with E-state index >= 15 is 0 Å². The maximum absolute atomic E-state index is 10.2. The minimum absolute atomic E-state index is 0.279. The Hall–Kier alpha value is -0.420. The molecule has 0 aromatic carbocycles. The molecule has 7 atom stereocenters. The third-order valence-corrected chi connectivity index (χ3v) is 11.0. The van der Waals surface area contributed by atoms with Crippen LogP contribution in [0.5, 0.6) is 0 Å². The highest BCUT2D eigenvalue weighted by atomic mass is 16.7. The highest BCUT2D eigenvalue weighted by molar-refractivity contribution is 5.25. The van der Waals surface area contributed by atoms with Crippen molar-refractivity contribution in [2.24, 2.45) is 34.5 Å². The van der Waals surface area contributed by atoms with Gasteiger partial charge < -0.3 is 19.3 Å². The lowest BCUT2D eigenvalue weighted by atomic mass is 9.47. The van der Waals surface area contributed by atoms with Gasteiger partial charge in [-0.15, -0.1) is 0 Å². The molecule has 3 fully saturated rings. The first kappa shape index (κ1) is 26.6. The fourth-order valence-electron chi connectivity index (χ4n) is 8.60. The Morgan fingerprint density at radius 2 is 1.74 bits per heavy atom. The normalized spacial score (nSPS) is 40.4. The average Bonchev–Trinajstić information content (AvgIpc) is 3.13. The van der Waals surface area contributed by atoms with Gasteiger partial charge in [0.1, 0.15) is 6.61 Å². The molecule has 7 unspecified atom stereocenters. The molecule has 4 aliphatic rings. The standard InChI is InChI=1S/C30H52O4/c1-27(2,31)16-8-9-21-11-13-25-24-12-10-22-19-23(34-20-30(5,32-6)33-7)14-17-29(22,4)26(24)15-18-28(21,25)3/h10,21,23-26,31H,8-9,11-20H2,1-7H3. The first-order valence-corrected chi connectivity index (χ1v) is 14.1. The molecule has 0 spiro atoms. The number of methoxy groups -OCH3 is 2. The van der Waals surface area contributed by atoms with Gasteiger partial charge in [0.05, 0.1) is 11.7 Å². The summed E-state index contributed by atoms with van der Waals surface area (Å²) in [6, 6.07) is 0. The molecule has 0 aromatic heterocycles. The third kappa shape index (κ3) is 5.04. The second-order valence-corrected chi connectivity index (χ2v) is 13.5. The summed E-state index contributed by atoms with van der Waals surface area (Å²) in [6.07, 6.45) is 16.7. The smallest absolute Gasteiger partial charge is 0.188 e. The van der Waals surface area contributed by atoms with Crippen LogP contribution in [0.3, 0.4) is 0 Å². The van der Waals surface area contributed by atoms with Gasteiger partial charge in [0.25, 0.3) is 0 Å². The molecule has 0 heterocycles. The summed E-state index contributed by atoms with van der Waals surface area (Å²) in [6.45, 7) is 11.6. The van der Waals surface area contributed by atoms with Crippen LogP contribution in [0.15, 0.2) is 11.6 Å². The van der Waals surface area contributed by atoms with Gasteiger partial charge in [-0.2, -0.15) is 0 Å². The van der Waals surface area contributed by atoms with Crippen LogP contribution in [-0.2, 0) is 14.2 Å². The largest absolute Gasteiger partial charge is 0.390 e. The Labute approximate surface area is 209 Å². The van der Waals surface area contributed by atoms with Gasteiger partial charge >= 0.3 is 0 Å². The van der Waals surface area contributed by atoms with Crippen molar-refractivity contribution in [3.05, 3.63) is 11.6 Å². The highest BCUT2D eigenvalue weighted by Crippen LogP contribution is 2.66. The monoisotopic (exact) mass is 476 g/mol. The summed E-state index contributed by atoms with van der Waals surface area (Å²) < 4.78 is 17.3. The second kappa shape index (κ2) is 9.80. The van der Waals surface area contributed by atoms with Crippen molar-refractivity contribution in [3.8, 4) is 0 Å². The zero-order valence-corrected chi connectivity index (χ0v) is 23.1. The molecule has 4 aliphatic carbocycles. The molecule has 1 N–H and O–H groups in total. The van der Waals surface area contributed by atoms with Gasteiger partial charge in [0, 0.05) is 14.2 Å². The van der Waals surface area contributed by atoms with E-state index < -0.39 is 11.4 Å². The SMILES string of the molecule is COC(C)(COC1CCC2(C)C(=CCC3C2CCC2(C)C(CCCC(C)(C)O)CCC32)C1)OC. The lowest BCUT2D eigenvalue weighted by Gasteiger charge is -2.58. The van der Waals surface area contributed by atoms with Gasteiger partial charge in [-0.3, -0.25) is 0 Å². The van der Waals surface area contributed by atoms with E-state index in [1.54, 1.807) is 19.8 Å². The Morgan fingerprint density at radius 3 is 2.41 bits per heavy atom. The summed E-state index contributed by atoms with van der Waals surface area (Å²) in [4.78, 5) is 0. The van der Waals surface area contributed by atoms with Crippen LogP contribution < -0.4 is 0 Å². The maximum Gasteiger partial charge on any atom is 0.188 e. The van der Waals surface area contributed by atoms with Gasteiger partial charge in [-0.05, 0) is 119 Å². The predicted octanol–water partition coefficient (Wildman–Crippen LogP) is 6.90. The number of fused-ring (bicyclic) bond motifs is 5. The third-order valence-electron chi connectivity index (χ3n) is 11.0. The van der Waals surface area contributed by atoms with Crippen molar-refractivity contribution in [3.63, 3.8) is 0 Å². The van der Waals surface area contributed by atoms with Crippen molar-refractivity contribution >= 4 is 0 Å². The fraction of sp³-hybridized carbons (Fsp3) is 0.933. The van der Waals surface area contributed by atoms with E-state index in [4.69, 9.17) is 14.2 Å². The molecular formula is C30H52O4. The van der Waals surface area contributed by atoms with Crippen LogP contribution in [0, 0.1) is 34.5 Å². The lowest BCUT2D eigenvalue weighted by molar-refractivity contribution is -0.231. The molecule has 0 aromatic rings. The number of rotatable bonds is 9. The highest BCUT2D eigenvalue weighted by Gasteiger charge is 2.58. The van der Waals surface area contributed by atoms with E-state index in [1.807, 2.05) is 20.8 Å². The van der Waals surface area contributed by atoms with Crippen molar-refractivity contribution in [1.82, 2.24) is 0 Å². The molecular weight excluding hydrogens is 424 g/mol. The van der Waals surface area contributed by atoms with Gasteiger partial charge in [0.2, 0.25) is 0 Å². The van der Waals surface area contributed by atoms with Crippen LogP contribution in [0.25, 0.3) is 0 Å². The zero-order valence-electron chi connectivity index (χ0n) is 23.1. The first-order valence-electron chi connectivity index (χ1n) is 14.1. The van der Waals surface area contributed by atoms with Crippen LogP contribution in [0.1, 0.15) is 105 Å². The second-order valence-electron chi connectivity index (χ2n) is 13.5. The van der Waals surface area contributed by atoms with Crippen LogP contribution >= 0.6 is 0 Å². The Balaban J connectivity index is 1.41. The number of allylic oxidation sites excluding steroid dienone is 1. The molecule has 3 saturated carbocycles. The Bertz CT molecular complexity index is 735. The van der Waals surface area contributed by atoms with Gasteiger partial charge in [-0.1, -0.05) is 31.9 Å². The van der Waals surface area contributed by atoms with Crippen LogP contribution in [0.2, 0.25) is 0 Å². The van der Waals surface area contributed by atoms with Crippen molar-refractivity contribution in [2.45, 2.75) is 123 Å². The number of aliphatic hydroxyl groups is 1. The van der Waals surface area contributed by atoms with Crippen LogP contribution in [-0.4, -0.2) is 43.4 Å². The number of ether oxygens (including phenoxy) is 3. The van der Waals surface area contributed by atoms with Crippen LogP contribution in [0.4, 0.5) is 0 Å².